The first-order valence-electron chi connectivity index (χ1n) is 10.3. The number of ether oxygens (including phenoxy) is 1. The van der Waals surface area contributed by atoms with E-state index in [4.69, 9.17) is 4.74 Å². The number of aromatic nitrogens is 2. The first-order valence-corrected chi connectivity index (χ1v) is 10.3. The lowest BCUT2D eigenvalue weighted by Gasteiger charge is -2.12. The predicted molar refractivity (Wildman–Crippen MR) is 130 cm³/mol. The Bertz CT molecular complexity index is 1440. The number of fused-ring (bicyclic) bond motifs is 1. The molecule has 0 aliphatic heterocycles. The average Bonchev–Trinajstić information content (AvgIpc) is 2.85. The summed E-state index contributed by atoms with van der Waals surface area (Å²) >= 11 is 0. The highest BCUT2D eigenvalue weighted by molar-refractivity contribution is 5.91. The molecule has 0 spiro atoms. The molecule has 0 atom stereocenters. The number of methoxy groups -OCH3 is 1. The number of nitro benzene ring substituents is 1. The third kappa shape index (κ3) is 4.99. The molecule has 4 rings (SSSR count). The number of rotatable bonds is 7. The van der Waals surface area contributed by atoms with Crippen molar-refractivity contribution < 1.29 is 14.5 Å². The Hall–Kier alpha value is -4.79. The first-order chi connectivity index (χ1) is 16.4. The summed E-state index contributed by atoms with van der Waals surface area (Å²) in [6.45, 7) is -0.247. The lowest BCUT2D eigenvalue weighted by Crippen LogP contribution is -2.30. The van der Waals surface area contributed by atoms with Gasteiger partial charge in [0.25, 0.3) is 11.2 Å². The smallest absolute Gasteiger partial charge is 0.269 e. The van der Waals surface area contributed by atoms with Crippen LogP contribution < -0.4 is 15.6 Å². The number of benzene rings is 3. The second kappa shape index (κ2) is 9.78. The molecule has 0 unspecified atom stereocenters. The molecule has 170 valence electrons. The number of carbonyl (C=O) groups excluding carboxylic acids is 1. The molecule has 1 aromatic heterocycles. The summed E-state index contributed by atoms with van der Waals surface area (Å²) in [6, 6.07) is 19.7. The minimum absolute atomic E-state index is 0.0203. The van der Waals surface area contributed by atoms with E-state index in [-0.39, 0.29) is 23.6 Å². The number of hydrogen-bond donors (Lipinski definition) is 1. The Kier molecular flexibility index (Phi) is 6.45. The average molecular weight is 456 g/mol. The summed E-state index contributed by atoms with van der Waals surface area (Å²) in [5.41, 5.74) is 1.38. The second-order valence-corrected chi connectivity index (χ2v) is 7.34. The van der Waals surface area contributed by atoms with E-state index in [2.05, 4.69) is 10.3 Å². The molecule has 0 fully saturated rings. The summed E-state index contributed by atoms with van der Waals surface area (Å²) in [5.74, 6) is 0.549. The van der Waals surface area contributed by atoms with Gasteiger partial charge in [-0.25, -0.2) is 4.98 Å². The molecule has 0 aliphatic rings. The van der Waals surface area contributed by atoms with Crippen LogP contribution in [0.15, 0.2) is 77.6 Å². The van der Waals surface area contributed by atoms with Crippen LogP contribution in [0.1, 0.15) is 11.4 Å². The maximum absolute atomic E-state index is 13.2. The van der Waals surface area contributed by atoms with Crippen molar-refractivity contribution in [3.63, 3.8) is 0 Å². The third-order valence-electron chi connectivity index (χ3n) is 5.10. The highest BCUT2D eigenvalue weighted by Gasteiger charge is 2.13. The molecule has 0 saturated carbocycles. The molecule has 0 saturated heterocycles. The molecule has 1 heterocycles. The second-order valence-electron chi connectivity index (χ2n) is 7.34. The van der Waals surface area contributed by atoms with Crippen molar-refractivity contribution in [1.82, 2.24) is 9.55 Å². The lowest BCUT2D eigenvalue weighted by atomic mass is 10.2. The van der Waals surface area contributed by atoms with Crippen LogP contribution in [-0.2, 0) is 11.3 Å². The van der Waals surface area contributed by atoms with E-state index >= 15 is 0 Å². The van der Waals surface area contributed by atoms with Crippen molar-refractivity contribution in [3.8, 4) is 5.75 Å². The van der Waals surface area contributed by atoms with Gasteiger partial charge in [0, 0.05) is 17.8 Å². The molecule has 0 aliphatic carbocycles. The first kappa shape index (κ1) is 22.4. The molecule has 9 heteroatoms. The fraction of sp³-hybridized carbons (Fsp3) is 0.0800. The van der Waals surface area contributed by atoms with E-state index in [1.807, 2.05) is 0 Å². The van der Waals surface area contributed by atoms with Crippen LogP contribution in [0, 0.1) is 10.1 Å². The zero-order chi connectivity index (χ0) is 24.1. The fourth-order valence-electron chi connectivity index (χ4n) is 3.36. The van der Waals surface area contributed by atoms with Gasteiger partial charge in [-0.05, 0) is 60.2 Å². The van der Waals surface area contributed by atoms with Crippen LogP contribution in [0.3, 0.4) is 0 Å². The molecule has 1 amide bonds. The van der Waals surface area contributed by atoms with E-state index in [0.717, 1.165) is 0 Å². The maximum atomic E-state index is 13.2. The van der Waals surface area contributed by atoms with Gasteiger partial charge in [-0.15, -0.1) is 0 Å². The predicted octanol–water partition coefficient (Wildman–Crippen LogP) is 4.12. The van der Waals surface area contributed by atoms with Crippen molar-refractivity contribution in [2.24, 2.45) is 0 Å². The maximum Gasteiger partial charge on any atom is 0.269 e. The van der Waals surface area contributed by atoms with Crippen LogP contribution >= 0.6 is 0 Å². The number of nitro groups is 1. The third-order valence-corrected chi connectivity index (χ3v) is 5.10. The molecule has 34 heavy (non-hydrogen) atoms. The van der Waals surface area contributed by atoms with Crippen LogP contribution in [0.4, 0.5) is 11.4 Å². The molecular weight excluding hydrogens is 436 g/mol. The van der Waals surface area contributed by atoms with E-state index in [1.165, 1.54) is 16.7 Å². The Balaban J connectivity index is 1.65. The van der Waals surface area contributed by atoms with Gasteiger partial charge in [0.15, 0.2) is 0 Å². The Morgan fingerprint density at radius 1 is 1.06 bits per heavy atom. The van der Waals surface area contributed by atoms with E-state index < -0.39 is 10.8 Å². The van der Waals surface area contributed by atoms with Crippen molar-refractivity contribution in [2.75, 3.05) is 12.4 Å². The van der Waals surface area contributed by atoms with E-state index in [9.17, 15) is 19.7 Å². The van der Waals surface area contributed by atoms with E-state index in [1.54, 1.807) is 79.9 Å². The molecule has 1 N–H and O–H groups in total. The fourth-order valence-corrected chi connectivity index (χ4v) is 3.36. The molecule has 0 bridgehead atoms. The number of non-ortho nitro benzene ring substituents is 1. The number of anilines is 1. The normalized spacial score (nSPS) is 11.0. The quantitative estimate of drug-likeness (QED) is 0.330. The van der Waals surface area contributed by atoms with Crippen molar-refractivity contribution in [1.29, 1.82) is 0 Å². The molecule has 9 nitrogen and oxygen atoms in total. The minimum Gasteiger partial charge on any atom is -0.497 e. The van der Waals surface area contributed by atoms with Gasteiger partial charge in [-0.2, -0.15) is 0 Å². The van der Waals surface area contributed by atoms with Crippen LogP contribution in [-0.4, -0.2) is 27.5 Å². The Morgan fingerprint density at radius 3 is 2.44 bits per heavy atom. The summed E-state index contributed by atoms with van der Waals surface area (Å²) in [6.07, 6.45) is 3.29. The van der Waals surface area contributed by atoms with Crippen LogP contribution in [0.25, 0.3) is 23.1 Å². The Morgan fingerprint density at radius 2 is 1.76 bits per heavy atom. The number of para-hydroxylation sites is 1. The number of carbonyl (C=O) groups is 1. The van der Waals surface area contributed by atoms with Crippen LogP contribution in [0.2, 0.25) is 0 Å². The summed E-state index contributed by atoms with van der Waals surface area (Å²) in [4.78, 5) is 40.8. The molecule has 3 aromatic carbocycles. The van der Waals surface area contributed by atoms with Gasteiger partial charge in [-0.3, -0.25) is 24.3 Å². The highest BCUT2D eigenvalue weighted by Crippen LogP contribution is 2.17. The van der Waals surface area contributed by atoms with Gasteiger partial charge >= 0.3 is 0 Å². The summed E-state index contributed by atoms with van der Waals surface area (Å²) < 4.78 is 6.41. The van der Waals surface area contributed by atoms with Crippen molar-refractivity contribution in [2.45, 2.75) is 6.54 Å². The number of nitrogens with one attached hydrogen (secondary N) is 1. The number of hydrogen-bond acceptors (Lipinski definition) is 6. The number of nitrogens with zero attached hydrogens (tertiary/aromatic N) is 3. The van der Waals surface area contributed by atoms with Crippen molar-refractivity contribution in [3.05, 3.63) is 105 Å². The van der Waals surface area contributed by atoms with Gasteiger partial charge in [0.05, 0.1) is 22.9 Å². The highest BCUT2D eigenvalue weighted by atomic mass is 16.6. The lowest BCUT2D eigenvalue weighted by molar-refractivity contribution is -0.384. The molecular formula is C25H20N4O5. The zero-order valence-corrected chi connectivity index (χ0v) is 18.2. The van der Waals surface area contributed by atoms with Crippen LogP contribution in [0.5, 0.6) is 5.75 Å². The largest absolute Gasteiger partial charge is 0.497 e. The van der Waals surface area contributed by atoms with Gasteiger partial charge in [0.2, 0.25) is 5.91 Å². The Labute approximate surface area is 194 Å². The van der Waals surface area contributed by atoms with Gasteiger partial charge in [0.1, 0.15) is 18.1 Å². The topological polar surface area (TPSA) is 116 Å². The SMILES string of the molecule is COc1ccc(NC(=O)Cn2c(/C=C/c3ccc([N+](=O)[O-])cc3)nc3ccccc3c2=O)cc1. The van der Waals surface area contributed by atoms with E-state index in [0.29, 0.717) is 27.9 Å². The van der Waals surface area contributed by atoms with Gasteiger partial charge in [-0.1, -0.05) is 18.2 Å². The molecule has 0 radical (unpaired) electrons. The number of amides is 1. The molecule has 4 aromatic rings. The van der Waals surface area contributed by atoms with Gasteiger partial charge < -0.3 is 10.1 Å². The standard InChI is InChI=1S/C25H20N4O5/c1-34-20-13-9-18(10-14-20)26-24(30)16-28-23(27-22-5-3-2-4-21(22)25(28)31)15-8-17-6-11-19(12-7-17)29(32)33/h2-15H,16H2,1H3,(H,26,30)/b15-8+. The summed E-state index contributed by atoms with van der Waals surface area (Å²) in [7, 11) is 1.55. The van der Waals surface area contributed by atoms with Crippen molar-refractivity contribution >= 4 is 40.3 Å². The zero-order valence-electron chi connectivity index (χ0n) is 18.2. The minimum atomic E-state index is -0.475. The monoisotopic (exact) mass is 456 g/mol. The summed E-state index contributed by atoms with van der Waals surface area (Å²) in [5, 5.41) is 14.0.